The molecule has 0 radical (unpaired) electrons. The fourth-order valence-corrected chi connectivity index (χ4v) is 4.10. The van der Waals surface area contributed by atoms with E-state index in [4.69, 9.17) is 10.5 Å². The van der Waals surface area contributed by atoms with Gasteiger partial charge in [-0.3, -0.25) is 4.79 Å². The molecule has 0 bridgehead atoms. The van der Waals surface area contributed by atoms with Crippen molar-refractivity contribution in [3.05, 3.63) is 83.4 Å². The van der Waals surface area contributed by atoms with Gasteiger partial charge in [0.05, 0.1) is 18.1 Å². The van der Waals surface area contributed by atoms with Crippen LogP contribution >= 0.6 is 12.4 Å². The highest BCUT2D eigenvalue weighted by atomic mass is 35.5. The van der Waals surface area contributed by atoms with E-state index in [-0.39, 0.29) is 18.3 Å². The number of ether oxygens (including phenoxy) is 1. The molecule has 0 fully saturated rings. The summed E-state index contributed by atoms with van der Waals surface area (Å²) in [4.78, 5) is 17.2. The van der Waals surface area contributed by atoms with Crippen molar-refractivity contribution < 1.29 is 9.53 Å². The molecular weight excluding hydrogens is 460 g/mol. The van der Waals surface area contributed by atoms with Crippen LogP contribution < -0.4 is 15.8 Å². The van der Waals surface area contributed by atoms with Crippen molar-refractivity contribution in [2.75, 3.05) is 18.2 Å². The van der Waals surface area contributed by atoms with E-state index in [0.717, 1.165) is 29.6 Å². The molecule has 4 rings (SSSR count). The van der Waals surface area contributed by atoms with Crippen molar-refractivity contribution in [1.29, 1.82) is 0 Å². The minimum atomic E-state index is -0.133. The summed E-state index contributed by atoms with van der Waals surface area (Å²) >= 11 is 0. The molecule has 4 aromatic rings. The van der Waals surface area contributed by atoms with Crippen LogP contribution in [0.5, 0.6) is 5.75 Å². The van der Waals surface area contributed by atoms with E-state index in [0.29, 0.717) is 23.7 Å². The number of amides is 1. The monoisotopic (exact) mass is 492 g/mol. The predicted octanol–water partition coefficient (Wildman–Crippen LogP) is 6.28. The lowest BCUT2D eigenvalue weighted by atomic mass is 10.1. The highest BCUT2D eigenvalue weighted by molar-refractivity contribution is 6.05. The van der Waals surface area contributed by atoms with E-state index in [1.807, 2.05) is 59.2 Å². The first-order valence-electron chi connectivity index (χ1n) is 11.9. The molecule has 0 aliphatic heterocycles. The average molecular weight is 493 g/mol. The maximum Gasteiger partial charge on any atom is 0.255 e. The minimum Gasteiger partial charge on any atom is -0.497 e. The van der Waals surface area contributed by atoms with Crippen LogP contribution in [0.25, 0.3) is 11.0 Å². The van der Waals surface area contributed by atoms with Crippen LogP contribution in [-0.4, -0.2) is 22.6 Å². The number of unbranched alkanes of at least 4 members (excludes halogenated alkanes) is 2. The molecule has 6 nitrogen and oxygen atoms in total. The second-order valence-electron chi connectivity index (χ2n) is 8.53. The number of nitrogen functional groups attached to an aromatic ring is 1. The Morgan fingerprint density at radius 3 is 2.34 bits per heavy atom. The summed E-state index contributed by atoms with van der Waals surface area (Å²) in [5, 5.41) is 2.98. The fourth-order valence-electron chi connectivity index (χ4n) is 4.10. The van der Waals surface area contributed by atoms with Gasteiger partial charge in [0.2, 0.25) is 5.95 Å². The van der Waals surface area contributed by atoms with Gasteiger partial charge in [0.1, 0.15) is 5.75 Å². The summed E-state index contributed by atoms with van der Waals surface area (Å²) < 4.78 is 7.22. The lowest BCUT2D eigenvalue weighted by Crippen LogP contribution is -2.11. The largest absolute Gasteiger partial charge is 0.497 e. The van der Waals surface area contributed by atoms with Crippen LogP contribution in [-0.2, 0) is 19.4 Å². The smallest absolute Gasteiger partial charge is 0.255 e. The number of hydrogen-bond acceptors (Lipinski definition) is 4. The van der Waals surface area contributed by atoms with Gasteiger partial charge in [-0.15, -0.1) is 12.4 Å². The van der Waals surface area contributed by atoms with Crippen LogP contribution in [0.1, 0.15) is 47.7 Å². The Morgan fingerprint density at radius 2 is 1.66 bits per heavy atom. The number of hydrogen-bond donors (Lipinski definition) is 2. The lowest BCUT2D eigenvalue weighted by Gasteiger charge is -2.09. The topological polar surface area (TPSA) is 82.2 Å². The van der Waals surface area contributed by atoms with Gasteiger partial charge in [-0.2, -0.15) is 0 Å². The van der Waals surface area contributed by atoms with Crippen LogP contribution in [0.2, 0.25) is 0 Å². The molecule has 0 unspecified atom stereocenters. The third kappa shape index (κ3) is 6.55. The zero-order valence-corrected chi connectivity index (χ0v) is 21.1. The second kappa shape index (κ2) is 12.3. The molecule has 0 saturated heterocycles. The van der Waals surface area contributed by atoms with E-state index < -0.39 is 0 Å². The van der Waals surface area contributed by atoms with Gasteiger partial charge in [-0.1, -0.05) is 44.0 Å². The quantitative estimate of drug-likeness (QED) is 0.255. The van der Waals surface area contributed by atoms with Gasteiger partial charge in [-0.05, 0) is 72.9 Å². The first kappa shape index (κ1) is 26.1. The molecule has 1 amide bonds. The summed E-state index contributed by atoms with van der Waals surface area (Å²) in [6.45, 7) is 2.91. The van der Waals surface area contributed by atoms with Gasteiger partial charge in [0.25, 0.3) is 5.91 Å². The van der Waals surface area contributed by atoms with Crippen molar-refractivity contribution in [2.24, 2.45) is 0 Å². The molecular formula is C28H33ClN4O2. The number of fused-ring (bicyclic) bond motifs is 1. The predicted molar refractivity (Wildman–Crippen MR) is 146 cm³/mol. The molecule has 184 valence electrons. The van der Waals surface area contributed by atoms with Crippen LogP contribution in [0.3, 0.4) is 0 Å². The van der Waals surface area contributed by atoms with Crippen molar-refractivity contribution >= 4 is 41.0 Å². The Hall–Kier alpha value is -3.51. The Kier molecular flexibility index (Phi) is 9.15. The number of nitrogens with two attached hydrogens (primary N) is 1. The zero-order chi connectivity index (χ0) is 23.9. The number of anilines is 2. The van der Waals surface area contributed by atoms with E-state index in [9.17, 15) is 4.79 Å². The normalized spacial score (nSPS) is 10.7. The number of carbonyl (C=O) groups excluding carboxylic acids is 1. The third-order valence-corrected chi connectivity index (χ3v) is 6.10. The standard InChI is InChI=1S/C28H32N4O2.ClH/c1-3-4-5-6-20-7-11-22(12-8-20)27(33)30-23-13-16-26-25(19-23)31-28(29)32(26)18-17-21-9-14-24(34-2)15-10-21;/h7-16,19H,3-6,17-18H2,1-2H3,(H2,29,31)(H,30,33);1H. The fraction of sp³-hybridized carbons (Fsp3) is 0.286. The van der Waals surface area contributed by atoms with Crippen molar-refractivity contribution in [3.8, 4) is 5.75 Å². The summed E-state index contributed by atoms with van der Waals surface area (Å²) in [6, 6.07) is 21.6. The van der Waals surface area contributed by atoms with Gasteiger partial charge in [-0.25, -0.2) is 4.98 Å². The summed E-state index contributed by atoms with van der Waals surface area (Å²) in [5.74, 6) is 1.17. The molecule has 7 heteroatoms. The number of aryl methyl sites for hydroxylation is 3. The van der Waals surface area contributed by atoms with E-state index in [2.05, 4.69) is 29.4 Å². The third-order valence-electron chi connectivity index (χ3n) is 6.10. The Balaban J connectivity index is 0.00000342. The highest BCUT2D eigenvalue weighted by Crippen LogP contribution is 2.23. The Bertz CT molecular complexity index is 1250. The lowest BCUT2D eigenvalue weighted by molar-refractivity contribution is 0.102. The Morgan fingerprint density at radius 1 is 0.971 bits per heavy atom. The molecule has 0 aliphatic rings. The SMILES string of the molecule is CCCCCc1ccc(C(=O)Nc2ccc3c(c2)nc(N)n3CCc2ccc(OC)cc2)cc1.Cl. The molecule has 0 atom stereocenters. The maximum atomic E-state index is 12.7. The number of rotatable bonds is 10. The van der Waals surface area contributed by atoms with Gasteiger partial charge >= 0.3 is 0 Å². The molecule has 3 N–H and O–H groups in total. The van der Waals surface area contributed by atoms with Gasteiger partial charge in [0, 0.05) is 17.8 Å². The number of methoxy groups -OCH3 is 1. The first-order valence-corrected chi connectivity index (χ1v) is 11.9. The number of aromatic nitrogens is 2. The van der Waals surface area contributed by atoms with Gasteiger partial charge < -0.3 is 20.4 Å². The summed E-state index contributed by atoms with van der Waals surface area (Å²) in [6.07, 6.45) is 5.49. The van der Waals surface area contributed by atoms with E-state index >= 15 is 0 Å². The highest BCUT2D eigenvalue weighted by Gasteiger charge is 2.11. The number of benzene rings is 3. The molecule has 0 aliphatic carbocycles. The number of halogens is 1. The number of imidazole rings is 1. The molecule has 1 heterocycles. The number of nitrogens with one attached hydrogen (secondary N) is 1. The van der Waals surface area contributed by atoms with Crippen LogP contribution in [0.15, 0.2) is 66.7 Å². The van der Waals surface area contributed by atoms with Gasteiger partial charge in [0.15, 0.2) is 0 Å². The number of nitrogens with zero attached hydrogens (tertiary/aromatic N) is 2. The molecule has 0 spiro atoms. The zero-order valence-electron chi connectivity index (χ0n) is 20.3. The summed E-state index contributed by atoms with van der Waals surface area (Å²) in [7, 11) is 1.66. The average Bonchev–Trinajstić information content (AvgIpc) is 3.17. The second-order valence-corrected chi connectivity index (χ2v) is 8.53. The van der Waals surface area contributed by atoms with Crippen LogP contribution in [0.4, 0.5) is 11.6 Å². The van der Waals surface area contributed by atoms with E-state index in [1.165, 1.54) is 30.4 Å². The molecule has 1 aromatic heterocycles. The molecule has 0 saturated carbocycles. The summed E-state index contributed by atoms with van der Waals surface area (Å²) in [5.41, 5.74) is 11.7. The van der Waals surface area contributed by atoms with E-state index in [1.54, 1.807) is 7.11 Å². The van der Waals surface area contributed by atoms with Crippen molar-refractivity contribution in [1.82, 2.24) is 9.55 Å². The first-order chi connectivity index (χ1) is 16.6. The molecule has 35 heavy (non-hydrogen) atoms. The van der Waals surface area contributed by atoms with Crippen LogP contribution in [0, 0.1) is 0 Å². The maximum absolute atomic E-state index is 12.7. The van der Waals surface area contributed by atoms with Crippen molar-refractivity contribution in [3.63, 3.8) is 0 Å². The Labute approximate surface area is 212 Å². The molecule has 3 aromatic carbocycles. The van der Waals surface area contributed by atoms with Crippen molar-refractivity contribution in [2.45, 2.75) is 45.6 Å². The number of carbonyl (C=O) groups is 1. The minimum absolute atomic E-state index is 0.